The van der Waals surface area contributed by atoms with Crippen molar-refractivity contribution >= 4 is 27.7 Å². The summed E-state index contributed by atoms with van der Waals surface area (Å²) in [5.41, 5.74) is 10.6. The smallest absolute Gasteiger partial charge is 0.269 e. The van der Waals surface area contributed by atoms with E-state index in [0.717, 1.165) is 38.6 Å². The monoisotopic (exact) mass is 305 g/mol. The number of hydrogen-bond donors (Lipinski definition) is 2. The molecule has 4 rings (SSSR count). The molecular formula is C17H15N5O. The lowest BCUT2D eigenvalue weighted by molar-refractivity contribution is 0.0996. The number of nitrogens with one attached hydrogen (secondary N) is 1. The van der Waals surface area contributed by atoms with E-state index in [4.69, 9.17) is 5.73 Å². The molecule has 23 heavy (non-hydrogen) atoms. The van der Waals surface area contributed by atoms with Crippen LogP contribution in [0.1, 0.15) is 21.6 Å². The highest BCUT2D eigenvalue weighted by Crippen LogP contribution is 2.30. The highest BCUT2D eigenvalue weighted by Gasteiger charge is 2.19. The number of carbonyl (C=O) groups excluding carboxylic acids is 1. The molecule has 0 radical (unpaired) electrons. The van der Waals surface area contributed by atoms with E-state index < -0.39 is 5.91 Å². The van der Waals surface area contributed by atoms with E-state index in [-0.39, 0.29) is 5.69 Å². The Bertz CT molecular complexity index is 1070. The first-order valence-electron chi connectivity index (χ1n) is 7.28. The van der Waals surface area contributed by atoms with Crippen molar-refractivity contribution in [1.82, 2.24) is 20.0 Å². The molecule has 0 unspecified atom stereocenters. The van der Waals surface area contributed by atoms with E-state index in [9.17, 15) is 4.79 Å². The van der Waals surface area contributed by atoms with Gasteiger partial charge in [0.25, 0.3) is 5.91 Å². The van der Waals surface area contributed by atoms with Crippen LogP contribution in [0.2, 0.25) is 0 Å². The molecule has 0 saturated carbocycles. The van der Waals surface area contributed by atoms with Crippen LogP contribution in [-0.4, -0.2) is 25.9 Å². The van der Waals surface area contributed by atoms with Gasteiger partial charge in [-0.05, 0) is 43.2 Å². The normalized spacial score (nSPS) is 11.4. The number of amides is 1. The van der Waals surface area contributed by atoms with Crippen LogP contribution in [0.3, 0.4) is 0 Å². The van der Waals surface area contributed by atoms with Crippen LogP contribution in [0.5, 0.6) is 0 Å². The maximum absolute atomic E-state index is 11.8. The first kappa shape index (κ1) is 13.5. The highest BCUT2D eigenvalue weighted by atomic mass is 16.1. The zero-order valence-corrected chi connectivity index (χ0v) is 12.8. The van der Waals surface area contributed by atoms with Crippen molar-refractivity contribution in [3.63, 3.8) is 0 Å². The van der Waals surface area contributed by atoms with Crippen molar-refractivity contribution < 1.29 is 4.79 Å². The first-order chi connectivity index (χ1) is 11.1. The Labute approximate surface area is 131 Å². The number of aromatic nitrogens is 4. The molecule has 1 amide bonds. The van der Waals surface area contributed by atoms with Crippen molar-refractivity contribution in [3.05, 3.63) is 53.3 Å². The number of nitrogens with two attached hydrogens (primary N) is 1. The Morgan fingerprint density at radius 3 is 2.78 bits per heavy atom. The predicted molar refractivity (Wildman–Crippen MR) is 88.7 cm³/mol. The number of carbonyl (C=O) groups is 1. The molecule has 0 aliphatic carbocycles. The number of primary amides is 1. The molecular weight excluding hydrogens is 290 g/mol. The largest absolute Gasteiger partial charge is 0.364 e. The van der Waals surface area contributed by atoms with Gasteiger partial charge in [-0.25, -0.2) is 4.68 Å². The van der Waals surface area contributed by atoms with Gasteiger partial charge in [-0.3, -0.25) is 9.89 Å². The molecule has 0 bridgehead atoms. The van der Waals surface area contributed by atoms with Crippen LogP contribution >= 0.6 is 0 Å². The molecule has 0 saturated heterocycles. The number of fused-ring (bicyclic) bond motifs is 3. The average Bonchev–Trinajstić information content (AvgIpc) is 3.12. The predicted octanol–water partition coefficient (Wildman–Crippen LogP) is 2.62. The lowest BCUT2D eigenvalue weighted by Crippen LogP contribution is -2.12. The van der Waals surface area contributed by atoms with Gasteiger partial charge in [0.15, 0.2) is 5.69 Å². The molecule has 3 N–H and O–H groups in total. The van der Waals surface area contributed by atoms with E-state index in [1.165, 1.54) is 0 Å². The van der Waals surface area contributed by atoms with Crippen LogP contribution in [0, 0.1) is 13.8 Å². The number of benzene rings is 2. The third-order valence-corrected chi connectivity index (χ3v) is 4.09. The zero-order valence-electron chi connectivity index (χ0n) is 12.8. The summed E-state index contributed by atoms with van der Waals surface area (Å²) in [5.74, 6) is -0.540. The fourth-order valence-electron chi connectivity index (χ4n) is 2.93. The van der Waals surface area contributed by atoms with Gasteiger partial charge >= 0.3 is 0 Å². The maximum Gasteiger partial charge on any atom is 0.269 e. The second-order valence-electron chi connectivity index (χ2n) is 5.71. The Hall–Kier alpha value is -3.15. The Morgan fingerprint density at radius 1 is 1.17 bits per heavy atom. The van der Waals surface area contributed by atoms with Gasteiger partial charge in [0, 0.05) is 10.8 Å². The van der Waals surface area contributed by atoms with E-state index in [2.05, 4.69) is 15.3 Å². The van der Waals surface area contributed by atoms with Crippen molar-refractivity contribution in [2.75, 3.05) is 0 Å². The van der Waals surface area contributed by atoms with E-state index in [1.807, 2.05) is 44.2 Å². The average molecular weight is 305 g/mol. The molecule has 2 aromatic heterocycles. The summed E-state index contributed by atoms with van der Waals surface area (Å²) in [6.07, 6.45) is 1.74. The van der Waals surface area contributed by atoms with Gasteiger partial charge in [0.2, 0.25) is 0 Å². The zero-order chi connectivity index (χ0) is 16.1. The third kappa shape index (κ3) is 1.92. The lowest BCUT2D eigenvalue weighted by Gasteiger charge is -2.09. The third-order valence-electron chi connectivity index (χ3n) is 4.09. The van der Waals surface area contributed by atoms with Crippen LogP contribution in [0.15, 0.2) is 36.5 Å². The number of rotatable bonds is 2. The molecule has 6 heteroatoms. The van der Waals surface area contributed by atoms with Crippen LogP contribution < -0.4 is 5.73 Å². The number of aromatic amines is 1. The minimum atomic E-state index is -0.540. The summed E-state index contributed by atoms with van der Waals surface area (Å²) >= 11 is 0. The van der Waals surface area contributed by atoms with Crippen molar-refractivity contribution in [2.45, 2.75) is 13.8 Å². The standard InChI is InChI=1S/C17H15N5O/c1-9-3-4-10(2)14(7-9)22-16-11(15(21-22)17(18)23)5-6-13-12(16)8-19-20-13/h3-8H,1-2H3,(H2,18,23)(H,19,20). The molecule has 0 aliphatic heterocycles. The molecule has 2 aromatic carbocycles. The fraction of sp³-hybridized carbons (Fsp3) is 0.118. The van der Waals surface area contributed by atoms with Crippen molar-refractivity contribution in [3.8, 4) is 5.69 Å². The van der Waals surface area contributed by atoms with E-state index >= 15 is 0 Å². The number of aryl methyl sites for hydroxylation is 2. The molecule has 6 nitrogen and oxygen atoms in total. The van der Waals surface area contributed by atoms with Crippen molar-refractivity contribution in [1.29, 1.82) is 0 Å². The molecule has 2 heterocycles. The lowest BCUT2D eigenvalue weighted by atomic mass is 10.1. The maximum atomic E-state index is 11.8. The Balaban J connectivity index is 2.19. The summed E-state index contributed by atoms with van der Waals surface area (Å²) in [7, 11) is 0. The molecule has 0 aliphatic rings. The van der Waals surface area contributed by atoms with Crippen LogP contribution in [0.25, 0.3) is 27.5 Å². The molecule has 114 valence electrons. The topological polar surface area (TPSA) is 89.6 Å². The summed E-state index contributed by atoms with van der Waals surface area (Å²) in [5, 5.41) is 13.2. The van der Waals surface area contributed by atoms with Gasteiger partial charge in [0.05, 0.1) is 22.9 Å². The second-order valence-corrected chi connectivity index (χ2v) is 5.71. The first-order valence-corrected chi connectivity index (χ1v) is 7.28. The Kier molecular flexibility index (Phi) is 2.74. The number of H-pyrrole nitrogens is 1. The van der Waals surface area contributed by atoms with Gasteiger partial charge in [-0.1, -0.05) is 12.1 Å². The molecule has 0 spiro atoms. The molecule has 0 fully saturated rings. The van der Waals surface area contributed by atoms with Gasteiger partial charge in [0.1, 0.15) is 0 Å². The van der Waals surface area contributed by atoms with Crippen LogP contribution in [-0.2, 0) is 0 Å². The Morgan fingerprint density at radius 2 is 2.00 bits per heavy atom. The number of nitrogens with zero attached hydrogens (tertiary/aromatic N) is 3. The minimum absolute atomic E-state index is 0.268. The summed E-state index contributed by atoms with van der Waals surface area (Å²) < 4.78 is 1.79. The van der Waals surface area contributed by atoms with Gasteiger partial charge in [-0.2, -0.15) is 10.2 Å². The quantitative estimate of drug-likeness (QED) is 0.596. The summed E-state index contributed by atoms with van der Waals surface area (Å²) in [6.45, 7) is 4.04. The van der Waals surface area contributed by atoms with Crippen LogP contribution in [0.4, 0.5) is 0 Å². The number of hydrogen-bond acceptors (Lipinski definition) is 3. The van der Waals surface area contributed by atoms with Gasteiger partial charge < -0.3 is 5.73 Å². The van der Waals surface area contributed by atoms with E-state index in [0.29, 0.717) is 0 Å². The molecule has 0 atom stereocenters. The second kappa shape index (κ2) is 4.67. The van der Waals surface area contributed by atoms with Crippen molar-refractivity contribution in [2.24, 2.45) is 5.73 Å². The minimum Gasteiger partial charge on any atom is -0.364 e. The highest BCUT2D eigenvalue weighted by molar-refractivity contribution is 6.12. The summed E-state index contributed by atoms with van der Waals surface area (Å²) in [4.78, 5) is 11.8. The van der Waals surface area contributed by atoms with E-state index in [1.54, 1.807) is 10.9 Å². The van der Waals surface area contributed by atoms with Gasteiger partial charge in [-0.15, -0.1) is 0 Å². The fourth-order valence-corrected chi connectivity index (χ4v) is 2.93. The molecule has 4 aromatic rings. The SMILES string of the molecule is Cc1ccc(C)c(-n2nc(C(N)=O)c3ccc4[nH]ncc4c32)c1. The summed E-state index contributed by atoms with van der Waals surface area (Å²) in [6, 6.07) is 9.87.